The molecule has 1 unspecified atom stereocenters. The van der Waals surface area contributed by atoms with E-state index < -0.39 is 0 Å². The lowest BCUT2D eigenvalue weighted by Gasteiger charge is -2.23. The molecule has 0 aliphatic carbocycles. The Morgan fingerprint density at radius 2 is 2.10 bits per heavy atom. The van der Waals surface area contributed by atoms with Crippen LogP contribution in [0.3, 0.4) is 0 Å². The van der Waals surface area contributed by atoms with Crippen LogP contribution in [-0.4, -0.2) is 27.6 Å². The van der Waals surface area contributed by atoms with E-state index in [-0.39, 0.29) is 17.2 Å². The Kier molecular flexibility index (Phi) is 3.21. The van der Waals surface area contributed by atoms with Gasteiger partial charge >= 0.3 is 0 Å². The maximum atomic E-state index is 12.6. The van der Waals surface area contributed by atoms with Crippen LogP contribution in [0.2, 0.25) is 0 Å². The van der Waals surface area contributed by atoms with Crippen LogP contribution in [0.4, 0.5) is 0 Å². The molecule has 0 saturated heterocycles. The number of aromatic nitrogens is 1. The van der Waals surface area contributed by atoms with Crippen LogP contribution in [-0.2, 0) is 0 Å². The highest BCUT2D eigenvalue weighted by atomic mass is 32.2. The first kappa shape index (κ1) is 13.4. The number of para-hydroxylation sites is 1. The number of nitrogens with zero attached hydrogens (tertiary/aromatic N) is 1. The lowest BCUT2D eigenvalue weighted by molar-refractivity contribution is 0.107. The number of hydrogen-bond donors (Lipinski definition) is 1. The third kappa shape index (κ3) is 2.29. The molecule has 2 aromatic rings. The van der Waals surface area contributed by atoms with Crippen molar-refractivity contribution in [2.75, 3.05) is 5.75 Å². The van der Waals surface area contributed by atoms with Gasteiger partial charge in [0.05, 0.1) is 11.6 Å². The predicted octanol–water partition coefficient (Wildman–Crippen LogP) is 3.91. The van der Waals surface area contributed by atoms with Gasteiger partial charge in [-0.15, -0.1) is 11.8 Å². The number of ketones is 1. The lowest BCUT2D eigenvalue weighted by Crippen LogP contribution is -2.24. The number of H-pyrrole nitrogens is 1. The molecule has 1 N–H and O–H groups in total. The van der Waals surface area contributed by atoms with Crippen LogP contribution in [0.15, 0.2) is 35.5 Å². The number of benzene rings is 1. The predicted molar refractivity (Wildman–Crippen MR) is 85.8 cm³/mol. The molecule has 0 bridgehead atoms. The highest BCUT2D eigenvalue weighted by Crippen LogP contribution is 2.33. The molecule has 0 spiro atoms. The van der Waals surface area contributed by atoms with E-state index in [0.717, 1.165) is 22.2 Å². The van der Waals surface area contributed by atoms with E-state index in [0.29, 0.717) is 5.04 Å². The number of Topliss-reactive ketones (excluding diaryl/α,β-unsaturated/α-hetero) is 1. The number of hydrogen-bond acceptors (Lipinski definition) is 3. The fraction of sp³-hybridized carbons (Fsp3) is 0.375. The van der Waals surface area contributed by atoms with Crippen LogP contribution >= 0.6 is 11.8 Å². The highest BCUT2D eigenvalue weighted by Gasteiger charge is 2.32. The van der Waals surface area contributed by atoms with Crippen LogP contribution in [0.25, 0.3) is 10.9 Å². The molecule has 4 heteroatoms. The quantitative estimate of drug-likeness (QED) is 0.851. The van der Waals surface area contributed by atoms with Crippen molar-refractivity contribution < 1.29 is 4.79 Å². The fourth-order valence-corrected chi connectivity index (χ4v) is 3.65. The van der Waals surface area contributed by atoms with Gasteiger partial charge < -0.3 is 4.98 Å². The second-order valence-electron chi connectivity index (χ2n) is 6.20. The number of rotatable bonds is 2. The van der Waals surface area contributed by atoms with Gasteiger partial charge in [0.15, 0.2) is 0 Å². The van der Waals surface area contributed by atoms with Gasteiger partial charge in [-0.3, -0.25) is 9.79 Å². The summed E-state index contributed by atoms with van der Waals surface area (Å²) in [5, 5.41) is 1.62. The second-order valence-corrected chi connectivity index (χ2v) is 7.21. The third-order valence-electron chi connectivity index (χ3n) is 3.68. The van der Waals surface area contributed by atoms with Crippen LogP contribution in [0, 0.1) is 5.41 Å². The number of carbonyl (C=O) groups excluding carboxylic acids is 1. The van der Waals surface area contributed by atoms with Crippen molar-refractivity contribution >= 4 is 33.5 Å². The Labute approximate surface area is 122 Å². The zero-order chi connectivity index (χ0) is 14.3. The fourth-order valence-electron chi connectivity index (χ4n) is 2.32. The average Bonchev–Trinajstić information content (AvgIpc) is 3.04. The van der Waals surface area contributed by atoms with Gasteiger partial charge in [0, 0.05) is 22.9 Å². The molecule has 1 aliphatic heterocycles. The van der Waals surface area contributed by atoms with Crippen molar-refractivity contribution in [1.29, 1.82) is 0 Å². The van der Waals surface area contributed by atoms with E-state index in [9.17, 15) is 4.79 Å². The maximum absolute atomic E-state index is 12.6. The first-order valence-electron chi connectivity index (χ1n) is 6.78. The van der Waals surface area contributed by atoms with E-state index in [1.165, 1.54) is 0 Å². The van der Waals surface area contributed by atoms with E-state index in [1.54, 1.807) is 18.0 Å². The minimum Gasteiger partial charge on any atom is -0.360 e. The minimum atomic E-state index is 0.0409. The maximum Gasteiger partial charge on any atom is 0.219 e. The highest BCUT2D eigenvalue weighted by molar-refractivity contribution is 8.16. The summed E-state index contributed by atoms with van der Waals surface area (Å²) in [7, 11) is 0. The van der Waals surface area contributed by atoms with Crippen LogP contribution in [0.5, 0.6) is 0 Å². The molecular formula is C16H18N2OS. The summed E-state index contributed by atoms with van der Waals surface area (Å²) >= 11 is 1.58. The number of thioether (sulfide) groups is 1. The van der Waals surface area contributed by atoms with Gasteiger partial charge in [-0.05, 0) is 11.5 Å². The monoisotopic (exact) mass is 286 g/mol. The molecule has 3 nitrogen and oxygen atoms in total. The molecule has 1 aliphatic rings. The lowest BCUT2D eigenvalue weighted by atomic mass is 9.88. The van der Waals surface area contributed by atoms with Gasteiger partial charge in [0.25, 0.3) is 0 Å². The molecule has 2 heterocycles. The van der Waals surface area contributed by atoms with Crippen LogP contribution < -0.4 is 0 Å². The Balaban J connectivity index is 1.94. The van der Waals surface area contributed by atoms with Gasteiger partial charge in [-0.2, -0.15) is 0 Å². The van der Waals surface area contributed by atoms with Gasteiger partial charge in [0.1, 0.15) is 5.04 Å². The number of fused-ring (bicyclic) bond motifs is 1. The Morgan fingerprint density at radius 3 is 2.80 bits per heavy atom. The van der Waals surface area contributed by atoms with Crippen molar-refractivity contribution in [3.05, 3.63) is 36.0 Å². The Morgan fingerprint density at radius 1 is 1.35 bits per heavy atom. The average molecular weight is 286 g/mol. The summed E-state index contributed by atoms with van der Waals surface area (Å²) in [5.41, 5.74) is 1.82. The van der Waals surface area contributed by atoms with Crippen molar-refractivity contribution in [2.24, 2.45) is 10.4 Å². The van der Waals surface area contributed by atoms with E-state index in [4.69, 9.17) is 0 Å². The smallest absolute Gasteiger partial charge is 0.219 e. The van der Waals surface area contributed by atoms with E-state index in [2.05, 4.69) is 30.7 Å². The number of nitrogens with one attached hydrogen (secondary N) is 1. The SMILES string of the molecule is CC(C)(C)C1CSC(C(=O)c2c[nH]c3ccccc23)=N1. The summed E-state index contributed by atoms with van der Waals surface area (Å²) in [6, 6.07) is 8.09. The zero-order valence-corrected chi connectivity index (χ0v) is 12.8. The van der Waals surface area contributed by atoms with Crippen molar-refractivity contribution in [2.45, 2.75) is 26.8 Å². The minimum absolute atomic E-state index is 0.0409. The molecule has 3 rings (SSSR count). The van der Waals surface area contributed by atoms with Gasteiger partial charge in [-0.25, -0.2) is 0 Å². The first-order valence-corrected chi connectivity index (χ1v) is 7.77. The molecule has 0 saturated carbocycles. The van der Waals surface area contributed by atoms with Crippen LogP contribution in [0.1, 0.15) is 31.1 Å². The summed E-state index contributed by atoms with van der Waals surface area (Å²) < 4.78 is 0. The largest absolute Gasteiger partial charge is 0.360 e. The summed E-state index contributed by atoms with van der Waals surface area (Å²) in [6.45, 7) is 6.50. The normalized spacial score (nSPS) is 19.4. The number of carbonyl (C=O) groups is 1. The number of aromatic amines is 1. The van der Waals surface area contributed by atoms with Gasteiger partial charge in [-0.1, -0.05) is 39.0 Å². The summed E-state index contributed by atoms with van der Waals surface area (Å²) in [6.07, 6.45) is 1.79. The Hall–Kier alpha value is -1.55. The molecule has 104 valence electrons. The molecule has 0 radical (unpaired) electrons. The third-order valence-corrected chi connectivity index (χ3v) is 4.73. The van der Waals surface area contributed by atoms with E-state index in [1.807, 2.05) is 24.3 Å². The van der Waals surface area contributed by atoms with Crippen molar-refractivity contribution in [3.8, 4) is 0 Å². The number of aliphatic imine (C=N–C) groups is 1. The molecule has 1 atom stereocenters. The van der Waals surface area contributed by atoms with Gasteiger partial charge in [0.2, 0.25) is 5.78 Å². The molecular weight excluding hydrogens is 268 g/mol. The van der Waals surface area contributed by atoms with E-state index >= 15 is 0 Å². The topological polar surface area (TPSA) is 45.2 Å². The molecule has 1 aromatic heterocycles. The molecule has 0 amide bonds. The van der Waals surface area contributed by atoms with Crippen molar-refractivity contribution in [3.63, 3.8) is 0 Å². The first-order chi connectivity index (χ1) is 9.47. The summed E-state index contributed by atoms with van der Waals surface area (Å²) in [4.78, 5) is 20.4. The molecule has 0 fully saturated rings. The Bertz CT molecular complexity index is 694. The van der Waals surface area contributed by atoms with Crippen molar-refractivity contribution in [1.82, 2.24) is 4.98 Å². The zero-order valence-electron chi connectivity index (χ0n) is 11.9. The second kappa shape index (κ2) is 4.77. The summed E-state index contributed by atoms with van der Waals surface area (Å²) in [5.74, 6) is 0.937. The molecule has 1 aromatic carbocycles. The standard InChI is InChI=1S/C16H18N2OS/c1-16(2,3)13-9-20-15(18-13)14(19)11-8-17-12-7-5-4-6-10(11)12/h4-8,13,17H,9H2,1-3H3. The molecule has 20 heavy (non-hydrogen) atoms.